The van der Waals surface area contributed by atoms with Crippen LogP contribution in [0.1, 0.15) is 84.0 Å². The van der Waals surface area contributed by atoms with Gasteiger partial charge in [0.05, 0.1) is 23.2 Å². The third-order valence-electron chi connectivity index (χ3n) is 7.98. The standard InChI is InChI=1S/C23H37F6NO3S/c1-2-30(34(31,32)19-10-6-8-17(14-19)22(24,25)26)18-9-5-7-16(13-18)15-33-21-12-4-3-11-20(21)23(27,28)29/h16-21H,2-15H2,1H3. The van der Waals surface area contributed by atoms with Crippen LogP contribution in [0.25, 0.3) is 0 Å². The van der Waals surface area contributed by atoms with Crippen molar-refractivity contribution in [3.63, 3.8) is 0 Å². The third-order valence-corrected chi connectivity index (χ3v) is 10.5. The zero-order chi connectivity index (χ0) is 25.1. The number of nitrogens with zero attached hydrogens (tertiary/aromatic N) is 1. The Morgan fingerprint density at radius 1 is 0.824 bits per heavy atom. The molecule has 3 saturated carbocycles. The molecule has 0 spiro atoms. The van der Waals surface area contributed by atoms with Crippen molar-refractivity contribution in [3.05, 3.63) is 0 Å². The van der Waals surface area contributed by atoms with Crippen molar-refractivity contribution in [3.8, 4) is 0 Å². The van der Waals surface area contributed by atoms with Crippen LogP contribution in [-0.4, -0.2) is 55.6 Å². The topological polar surface area (TPSA) is 46.6 Å². The largest absolute Gasteiger partial charge is 0.394 e. The molecule has 4 nitrogen and oxygen atoms in total. The molecule has 34 heavy (non-hydrogen) atoms. The van der Waals surface area contributed by atoms with E-state index in [1.807, 2.05) is 0 Å². The minimum absolute atomic E-state index is 0.0371. The normalized spacial score (nSPS) is 34.4. The zero-order valence-electron chi connectivity index (χ0n) is 19.7. The zero-order valence-corrected chi connectivity index (χ0v) is 20.5. The van der Waals surface area contributed by atoms with Crippen LogP contribution in [0.3, 0.4) is 0 Å². The Labute approximate surface area is 198 Å². The van der Waals surface area contributed by atoms with Gasteiger partial charge in [-0.3, -0.25) is 0 Å². The Balaban J connectivity index is 1.62. The molecule has 0 amide bonds. The summed E-state index contributed by atoms with van der Waals surface area (Å²) in [5.74, 6) is -3.11. The third kappa shape index (κ3) is 6.81. The van der Waals surface area contributed by atoms with E-state index in [1.54, 1.807) is 6.92 Å². The lowest BCUT2D eigenvalue weighted by Crippen LogP contribution is -2.49. The van der Waals surface area contributed by atoms with Gasteiger partial charge in [0.2, 0.25) is 10.0 Å². The van der Waals surface area contributed by atoms with E-state index < -0.39 is 52.0 Å². The van der Waals surface area contributed by atoms with Gasteiger partial charge in [-0.05, 0) is 57.3 Å². The van der Waals surface area contributed by atoms with Crippen molar-refractivity contribution >= 4 is 10.0 Å². The molecule has 0 aromatic rings. The van der Waals surface area contributed by atoms with Gasteiger partial charge in [0.1, 0.15) is 0 Å². The highest BCUT2D eigenvalue weighted by Gasteiger charge is 2.48. The Morgan fingerprint density at radius 2 is 1.50 bits per heavy atom. The van der Waals surface area contributed by atoms with Crippen LogP contribution in [-0.2, 0) is 14.8 Å². The quantitative estimate of drug-likeness (QED) is 0.362. The van der Waals surface area contributed by atoms with Crippen molar-refractivity contribution in [2.75, 3.05) is 13.2 Å². The Kier molecular flexibility index (Phi) is 9.26. The van der Waals surface area contributed by atoms with Crippen LogP contribution >= 0.6 is 0 Å². The number of halogens is 6. The SMILES string of the molecule is CCN(C1CCCC(COC2CCCCC2C(F)(F)F)C1)S(=O)(=O)C1CCCC(C(F)(F)F)C1. The highest BCUT2D eigenvalue weighted by molar-refractivity contribution is 7.89. The van der Waals surface area contributed by atoms with Gasteiger partial charge in [-0.25, -0.2) is 8.42 Å². The van der Waals surface area contributed by atoms with Crippen molar-refractivity contribution in [2.45, 2.75) is 114 Å². The van der Waals surface area contributed by atoms with Gasteiger partial charge in [0, 0.05) is 19.2 Å². The second kappa shape index (κ2) is 11.2. The molecule has 0 N–H and O–H groups in total. The fourth-order valence-corrected chi connectivity index (χ4v) is 8.45. The van der Waals surface area contributed by atoms with E-state index >= 15 is 0 Å². The van der Waals surface area contributed by atoms with E-state index in [2.05, 4.69) is 0 Å². The van der Waals surface area contributed by atoms with Crippen molar-refractivity contribution in [1.82, 2.24) is 4.31 Å². The summed E-state index contributed by atoms with van der Waals surface area (Å²) in [5, 5.41) is -1.04. The molecule has 6 atom stereocenters. The summed E-state index contributed by atoms with van der Waals surface area (Å²) >= 11 is 0. The fraction of sp³-hybridized carbons (Fsp3) is 1.00. The Morgan fingerprint density at radius 3 is 2.15 bits per heavy atom. The summed E-state index contributed by atoms with van der Waals surface area (Å²) in [6.45, 7) is 2.02. The first kappa shape index (κ1) is 28.0. The molecule has 6 unspecified atom stereocenters. The molecule has 0 bridgehead atoms. The molecule has 0 aliphatic heterocycles. The first-order valence-electron chi connectivity index (χ1n) is 12.6. The summed E-state index contributed by atoms with van der Waals surface area (Å²) < 4.78 is 114. The smallest absolute Gasteiger partial charge is 0.377 e. The highest BCUT2D eigenvalue weighted by atomic mass is 32.2. The molecule has 3 rings (SSSR count). The average Bonchev–Trinajstić information content (AvgIpc) is 2.77. The molecule has 0 heterocycles. The van der Waals surface area contributed by atoms with Crippen LogP contribution < -0.4 is 0 Å². The first-order chi connectivity index (χ1) is 15.8. The van der Waals surface area contributed by atoms with Crippen molar-refractivity contribution in [2.24, 2.45) is 17.8 Å². The monoisotopic (exact) mass is 521 g/mol. The molecule has 0 aromatic heterocycles. The van der Waals surface area contributed by atoms with E-state index in [1.165, 1.54) is 4.31 Å². The molecule has 200 valence electrons. The van der Waals surface area contributed by atoms with Gasteiger partial charge in [-0.2, -0.15) is 30.6 Å². The molecule has 11 heteroatoms. The number of ether oxygens (including phenoxy) is 1. The van der Waals surface area contributed by atoms with Gasteiger partial charge < -0.3 is 4.74 Å². The van der Waals surface area contributed by atoms with Gasteiger partial charge in [-0.1, -0.05) is 32.6 Å². The van der Waals surface area contributed by atoms with Crippen LogP contribution in [0.5, 0.6) is 0 Å². The lowest BCUT2D eigenvalue weighted by molar-refractivity contribution is -0.217. The highest BCUT2D eigenvalue weighted by Crippen LogP contribution is 2.42. The molecule has 0 saturated heterocycles. The number of hydrogen-bond donors (Lipinski definition) is 0. The van der Waals surface area contributed by atoms with Gasteiger partial charge in [0.15, 0.2) is 0 Å². The molecule has 3 aliphatic rings. The predicted molar refractivity (Wildman–Crippen MR) is 117 cm³/mol. The minimum Gasteiger partial charge on any atom is -0.377 e. The van der Waals surface area contributed by atoms with E-state index in [0.29, 0.717) is 38.5 Å². The van der Waals surface area contributed by atoms with E-state index in [0.717, 1.165) is 6.42 Å². The summed E-state index contributed by atoms with van der Waals surface area (Å²) in [4.78, 5) is 0. The van der Waals surface area contributed by atoms with Gasteiger partial charge in [0.25, 0.3) is 0 Å². The number of rotatable bonds is 7. The fourth-order valence-electron chi connectivity index (χ4n) is 6.16. The molecule has 0 aromatic carbocycles. The lowest BCUT2D eigenvalue weighted by atomic mass is 9.84. The van der Waals surface area contributed by atoms with E-state index in [-0.39, 0.29) is 50.8 Å². The van der Waals surface area contributed by atoms with Crippen LogP contribution in [0.4, 0.5) is 26.3 Å². The number of hydrogen-bond acceptors (Lipinski definition) is 3. The van der Waals surface area contributed by atoms with Crippen LogP contribution in [0, 0.1) is 17.8 Å². The minimum atomic E-state index is -4.40. The van der Waals surface area contributed by atoms with Gasteiger partial charge >= 0.3 is 12.4 Å². The van der Waals surface area contributed by atoms with Gasteiger partial charge in [-0.15, -0.1) is 0 Å². The maximum atomic E-state index is 13.4. The maximum absolute atomic E-state index is 13.4. The summed E-state index contributed by atoms with van der Waals surface area (Å²) in [6.07, 6.45) is -5.31. The summed E-state index contributed by atoms with van der Waals surface area (Å²) in [7, 11) is -3.91. The summed E-state index contributed by atoms with van der Waals surface area (Å²) in [5.41, 5.74) is 0. The molecule has 3 aliphatic carbocycles. The number of sulfonamides is 1. The summed E-state index contributed by atoms with van der Waals surface area (Å²) in [6, 6.07) is -0.353. The average molecular weight is 522 g/mol. The van der Waals surface area contributed by atoms with Crippen LogP contribution in [0.2, 0.25) is 0 Å². The lowest BCUT2D eigenvalue weighted by Gasteiger charge is -2.40. The maximum Gasteiger partial charge on any atom is 0.394 e. The van der Waals surface area contributed by atoms with E-state index in [9.17, 15) is 34.8 Å². The van der Waals surface area contributed by atoms with E-state index in [4.69, 9.17) is 4.74 Å². The molecular formula is C23H37F6NO3S. The first-order valence-corrected chi connectivity index (χ1v) is 14.1. The Hall–Kier alpha value is -0.550. The van der Waals surface area contributed by atoms with Crippen LogP contribution in [0.15, 0.2) is 0 Å². The second-order valence-electron chi connectivity index (χ2n) is 10.3. The number of alkyl halides is 6. The molecule has 0 radical (unpaired) electrons. The predicted octanol–water partition coefficient (Wildman–Crippen LogP) is 6.46. The molecule has 3 fully saturated rings. The van der Waals surface area contributed by atoms with Crippen molar-refractivity contribution in [1.29, 1.82) is 0 Å². The second-order valence-corrected chi connectivity index (χ2v) is 12.4. The Bertz CT molecular complexity index is 757. The van der Waals surface area contributed by atoms with Crippen molar-refractivity contribution < 1.29 is 39.5 Å². The molecular weight excluding hydrogens is 484 g/mol.